The maximum atomic E-state index is 14.3. The second-order valence-corrected chi connectivity index (χ2v) is 9.22. The second-order valence-electron chi connectivity index (χ2n) is 9.22. The highest BCUT2D eigenvalue weighted by Crippen LogP contribution is 2.35. The van der Waals surface area contributed by atoms with E-state index in [1.54, 1.807) is 25.6 Å². The summed E-state index contributed by atoms with van der Waals surface area (Å²) in [6.07, 6.45) is 10.8. The molecule has 5 aromatic rings. The number of allylic oxidation sites excluding steroid dienone is 2. The van der Waals surface area contributed by atoms with E-state index in [1.807, 2.05) is 24.5 Å². The summed E-state index contributed by atoms with van der Waals surface area (Å²) in [6, 6.07) is 10.5. The molecule has 4 aromatic heterocycles. The van der Waals surface area contributed by atoms with Gasteiger partial charge < -0.3 is 15.0 Å². The first-order valence-electron chi connectivity index (χ1n) is 12.3. The molecule has 1 aromatic carbocycles. The molecule has 0 aliphatic heterocycles. The summed E-state index contributed by atoms with van der Waals surface area (Å²) in [5, 5.41) is 13.1. The average Bonchev–Trinajstić information content (AvgIpc) is 3.55. The Morgan fingerprint density at radius 3 is 2.78 bits per heavy atom. The second kappa shape index (κ2) is 9.72. The van der Waals surface area contributed by atoms with Crippen molar-refractivity contribution in [2.45, 2.75) is 26.0 Å². The number of aromatic amines is 2. The molecule has 3 N–H and O–H groups in total. The van der Waals surface area contributed by atoms with E-state index in [-0.39, 0.29) is 18.4 Å². The standard InChI is InChI=1S/C29H27FN6O/c1-3-31-12-17-6-20(14-32-13-17)18-4-5-26-24(9-18)29(36-35-26)27-11-23-25(15-33-16-28(23)34-27)19-7-21(30)10-22(8-19)37-2/h4-9,11,13-16,22,31,34H,3,10,12H2,1-2H3,(H,35,36). The number of hydrogen-bond acceptors (Lipinski definition) is 5. The Kier molecular flexibility index (Phi) is 6.12. The Morgan fingerprint density at radius 2 is 1.92 bits per heavy atom. The van der Waals surface area contributed by atoms with Crippen LogP contribution in [0.3, 0.4) is 0 Å². The van der Waals surface area contributed by atoms with E-state index >= 15 is 0 Å². The fourth-order valence-corrected chi connectivity index (χ4v) is 4.87. The molecule has 7 nitrogen and oxygen atoms in total. The largest absolute Gasteiger partial charge is 0.377 e. The van der Waals surface area contributed by atoms with Gasteiger partial charge in [-0.3, -0.25) is 15.1 Å². The molecule has 1 atom stereocenters. The van der Waals surface area contributed by atoms with Gasteiger partial charge in [0.1, 0.15) is 11.5 Å². The Morgan fingerprint density at radius 1 is 1.03 bits per heavy atom. The van der Waals surface area contributed by atoms with Gasteiger partial charge in [0.2, 0.25) is 0 Å². The van der Waals surface area contributed by atoms with Gasteiger partial charge >= 0.3 is 0 Å². The summed E-state index contributed by atoms with van der Waals surface area (Å²) in [4.78, 5) is 12.3. The van der Waals surface area contributed by atoms with Crippen molar-refractivity contribution in [1.82, 2.24) is 30.5 Å². The number of hydrogen-bond donors (Lipinski definition) is 3. The first kappa shape index (κ1) is 23.3. The quantitative estimate of drug-likeness (QED) is 0.261. The Hall–Kier alpha value is -4.14. The number of rotatable bonds is 7. The van der Waals surface area contributed by atoms with E-state index in [4.69, 9.17) is 4.74 Å². The van der Waals surface area contributed by atoms with E-state index in [0.717, 1.165) is 74.1 Å². The molecule has 6 rings (SSSR count). The van der Waals surface area contributed by atoms with Crippen molar-refractivity contribution >= 4 is 27.4 Å². The molecule has 8 heteroatoms. The van der Waals surface area contributed by atoms with E-state index in [2.05, 4.69) is 61.7 Å². The van der Waals surface area contributed by atoms with Crippen LogP contribution >= 0.6 is 0 Å². The van der Waals surface area contributed by atoms with Gasteiger partial charge in [-0.1, -0.05) is 13.0 Å². The third-order valence-corrected chi connectivity index (χ3v) is 6.76. The average molecular weight is 495 g/mol. The molecule has 4 heterocycles. The fourth-order valence-electron chi connectivity index (χ4n) is 4.87. The number of ether oxygens (including phenoxy) is 1. The van der Waals surface area contributed by atoms with Crippen LogP contribution in [-0.4, -0.2) is 44.9 Å². The van der Waals surface area contributed by atoms with Crippen LogP contribution in [-0.2, 0) is 11.3 Å². The number of nitrogens with one attached hydrogen (secondary N) is 3. The summed E-state index contributed by atoms with van der Waals surface area (Å²) in [5.74, 6) is -0.202. The number of H-pyrrole nitrogens is 2. The molecule has 1 unspecified atom stereocenters. The number of nitrogens with zero attached hydrogens (tertiary/aromatic N) is 3. The van der Waals surface area contributed by atoms with Gasteiger partial charge in [-0.25, -0.2) is 4.39 Å². The van der Waals surface area contributed by atoms with E-state index in [0.29, 0.717) is 0 Å². The van der Waals surface area contributed by atoms with Crippen molar-refractivity contribution in [3.8, 4) is 22.5 Å². The number of aromatic nitrogens is 5. The summed E-state index contributed by atoms with van der Waals surface area (Å²) >= 11 is 0. The topological polar surface area (TPSA) is 91.5 Å². The lowest BCUT2D eigenvalue weighted by Gasteiger charge is -2.17. The summed E-state index contributed by atoms with van der Waals surface area (Å²) < 4.78 is 19.7. The number of methoxy groups -OCH3 is 1. The minimum absolute atomic E-state index is 0.202. The molecule has 1 aliphatic rings. The first-order valence-corrected chi connectivity index (χ1v) is 12.3. The Labute approximate surface area is 213 Å². The van der Waals surface area contributed by atoms with Crippen molar-refractivity contribution in [2.75, 3.05) is 13.7 Å². The molecule has 0 saturated heterocycles. The van der Waals surface area contributed by atoms with Crippen molar-refractivity contribution in [3.05, 3.63) is 84.2 Å². The van der Waals surface area contributed by atoms with Gasteiger partial charge in [-0.2, -0.15) is 5.10 Å². The molecule has 0 amide bonds. The summed E-state index contributed by atoms with van der Waals surface area (Å²) in [7, 11) is 1.59. The Bertz CT molecular complexity index is 1660. The summed E-state index contributed by atoms with van der Waals surface area (Å²) in [6.45, 7) is 3.78. The van der Waals surface area contributed by atoms with Gasteiger partial charge in [0.25, 0.3) is 0 Å². The molecule has 0 bridgehead atoms. The highest BCUT2D eigenvalue weighted by atomic mass is 19.1. The van der Waals surface area contributed by atoms with Crippen LogP contribution in [0.5, 0.6) is 0 Å². The van der Waals surface area contributed by atoms with Gasteiger partial charge in [0, 0.05) is 60.6 Å². The van der Waals surface area contributed by atoms with Crippen molar-refractivity contribution in [2.24, 2.45) is 0 Å². The van der Waals surface area contributed by atoms with Crippen molar-refractivity contribution in [3.63, 3.8) is 0 Å². The van der Waals surface area contributed by atoms with Gasteiger partial charge in [0.15, 0.2) is 0 Å². The monoisotopic (exact) mass is 494 g/mol. The van der Waals surface area contributed by atoms with Crippen LogP contribution in [0.2, 0.25) is 0 Å². The third-order valence-electron chi connectivity index (χ3n) is 6.76. The van der Waals surface area contributed by atoms with Gasteiger partial charge in [-0.15, -0.1) is 0 Å². The molecule has 186 valence electrons. The molecule has 0 saturated carbocycles. The smallest absolute Gasteiger partial charge is 0.116 e. The molecular formula is C29H27FN6O. The normalized spacial score (nSPS) is 15.8. The maximum Gasteiger partial charge on any atom is 0.116 e. The molecule has 0 fully saturated rings. The zero-order valence-corrected chi connectivity index (χ0v) is 20.7. The lowest BCUT2D eigenvalue weighted by molar-refractivity contribution is 0.135. The zero-order valence-electron chi connectivity index (χ0n) is 20.7. The summed E-state index contributed by atoms with van der Waals surface area (Å²) in [5.41, 5.74) is 8.34. The Balaban J connectivity index is 1.42. The predicted octanol–water partition coefficient (Wildman–Crippen LogP) is 5.93. The lowest BCUT2D eigenvalue weighted by Crippen LogP contribution is -2.11. The third kappa shape index (κ3) is 4.45. The van der Waals surface area contributed by atoms with E-state index in [1.165, 1.54) is 0 Å². The highest BCUT2D eigenvalue weighted by Gasteiger charge is 2.19. The van der Waals surface area contributed by atoms with E-state index < -0.39 is 0 Å². The van der Waals surface area contributed by atoms with Crippen LogP contribution < -0.4 is 5.32 Å². The zero-order chi connectivity index (χ0) is 25.4. The van der Waals surface area contributed by atoms with Crippen molar-refractivity contribution < 1.29 is 9.13 Å². The SMILES string of the molecule is CCNCc1cncc(-c2ccc3[nH]nc(-c4cc5c(C6=CC(OC)CC(F)=C6)cncc5[nH]4)c3c2)c1. The minimum Gasteiger partial charge on any atom is -0.377 e. The molecule has 1 aliphatic carbocycles. The van der Waals surface area contributed by atoms with E-state index in [9.17, 15) is 4.39 Å². The molecule has 37 heavy (non-hydrogen) atoms. The highest BCUT2D eigenvalue weighted by molar-refractivity contribution is 6.01. The van der Waals surface area contributed by atoms with Crippen LogP contribution in [0.25, 0.3) is 49.9 Å². The number of halogens is 1. The van der Waals surface area contributed by atoms with Crippen LogP contribution in [0.15, 0.2) is 73.1 Å². The van der Waals surface area contributed by atoms with Crippen LogP contribution in [0.1, 0.15) is 24.5 Å². The first-order chi connectivity index (χ1) is 18.1. The molecule has 0 spiro atoms. The maximum absolute atomic E-state index is 14.3. The van der Waals surface area contributed by atoms with Gasteiger partial charge in [-0.05, 0) is 59.7 Å². The lowest BCUT2D eigenvalue weighted by atomic mass is 9.96. The predicted molar refractivity (Wildman–Crippen MR) is 144 cm³/mol. The van der Waals surface area contributed by atoms with Crippen molar-refractivity contribution in [1.29, 1.82) is 0 Å². The molecular weight excluding hydrogens is 467 g/mol. The molecule has 0 radical (unpaired) electrons. The fraction of sp³-hybridized carbons (Fsp3) is 0.207. The number of pyridine rings is 2. The van der Waals surface area contributed by atoms with Crippen LogP contribution in [0, 0.1) is 0 Å². The number of fused-ring (bicyclic) bond motifs is 2. The van der Waals surface area contributed by atoms with Gasteiger partial charge in [0.05, 0.1) is 29.0 Å². The van der Waals surface area contributed by atoms with Crippen LogP contribution in [0.4, 0.5) is 4.39 Å². The number of benzene rings is 1. The minimum atomic E-state index is -0.298.